The van der Waals surface area contributed by atoms with Gasteiger partial charge >= 0.3 is 0 Å². The molecule has 230 valence electrons. The average Bonchev–Trinajstić information content (AvgIpc) is 3.70. The highest BCUT2D eigenvalue weighted by Gasteiger charge is 2.21. The number of aromatic amines is 2. The summed E-state index contributed by atoms with van der Waals surface area (Å²) in [5.41, 5.74) is 7.98. The van der Waals surface area contributed by atoms with E-state index >= 15 is 0 Å². The molecule has 2 fully saturated rings. The number of nitrogens with zero attached hydrogens (tertiary/aromatic N) is 7. The van der Waals surface area contributed by atoms with Crippen molar-refractivity contribution in [1.29, 1.82) is 0 Å². The second-order valence-corrected chi connectivity index (χ2v) is 12.2. The summed E-state index contributed by atoms with van der Waals surface area (Å²) >= 11 is 0. The number of para-hydroxylation sites is 1. The van der Waals surface area contributed by atoms with E-state index in [-0.39, 0.29) is 11.7 Å². The summed E-state index contributed by atoms with van der Waals surface area (Å²) < 4.78 is 20.4. The maximum atomic E-state index is 14.9. The second-order valence-electron chi connectivity index (χ2n) is 12.2. The number of hydrogen-bond acceptors (Lipinski definition) is 8. The molecule has 8 rings (SSSR count). The van der Waals surface area contributed by atoms with Crippen LogP contribution in [0.5, 0.6) is 0 Å². The Hall–Kier alpha value is -4.45. The molecule has 2 N–H and O–H groups in total. The molecule has 0 spiro atoms. The number of ether oxygens (including phenoxy) is 1. The molecule has 0 amide bonds. The van der Waals surface area contributed by atoms with Gasteiger partial charge in [-0.05, 0) is 48.0 Å². The number of rotatable bonds is 6. The van der Waals surface area contributed by atoms with Gasteiger partial charge in [-0.1, -0.05) is 24.3 Å². The van der Waals surface area contributed by atoms with E-state index < -0.39 is 0 Å². The van der Waals surface area contributed by atoms with Crippen molar-refractivity contribution in [2.24, 2.45) is 4.99 Å². The molecule has 45 heavy (non-hydrogen) atoms. The predicted octanol–water partition coefficient (Wildman–Crippen LogP) is 2.94. The van der Waals surface area contributed by atoms with E-state index in [1.807, 2.05) is 36.7 Å². The number of halogens is 1. The SMILES string of the molecule is CN1CCN(Cc2cncc(C3C=c4c(-c5nc6c(-c7cc(F)cc(N8CCOCC8)c7)cccc6[nH]5)n[nH]c4=NC3)c2)CC1. The number of piperazine rings is 1. The molecule has 0 aliphatic carbocycles. The smallest absolute Gasteiger partial charge is 0.159 e. The fraction of sp³-hybridized carbons (Fsp3) is 0.353. The second kappa shape index (κ2) is 11.8. The fourth-order valence-electron chi connectivity index (χ4n) is 6.62. The number of benzene rings is 2. The third-order valence-corrected chi connectivity index (χ3v) is 9.15. The van der Waals surface area contributed by atoms with Gasteiger partial charge in [-0.3, -0.25) is 20.0 Å². The molecule has 0 bridgehead atoms. The molecule has 3 aromatic heterocycles. The normalized spacial score (nSPS) is 19.3. The Morgan fingerprint density at radius 1 is 1.00 bits per heavy atom. The highest BCUT2D eigenvalue weighted by molar-refractivity contribution is 5.94. The number of fused-ring (bicyclic) bond motifs is 2. The molecular weight excluding hydrogens is 569 g/mol. The van der Waals surface area contributed by atoms with Crippen LogP contribution in [0.25, 0.3) is 39.8 Å². The number of imidazole rings is 1. The van der Waals surface area contributed by atoms with Gasteiger partial charge in [0.25, 0.3) is 0 Å². The van der Waals surface area contributed by atoms with Gasteiger partial charge in [-0.2, -0.15) is 5.10 Å². The van der Waals surface area contributed by atoms with E-state index in [2.05, 4.69) is 54.1 Å². The van der Waals surface area contributed by atoms with Gasteiger partial charge in [0.05, 0.1) is 30.8 Å². The summed E-state index contributed by atoms with van der Waals surface area (Å²) in [5.74, 6) is 0.459. The largest absolute Gasteiger partial charge is 0.378 e. The highest BCUT2D eigenvalue weighted by atomic mass is 19.1. The van der Waals surface area contributed by atoms with E-state index in [1.165, 1.54) is 5.56 Å². The van der Waals surface area contributed by atoms with Crippen LogP contribution >= 0.6 is 0 Å². The Balaban J connectivity index is 1.11. The number of pyridine rings is 1. The van der Waals surface area contributed by atoms with E-state index in [1.54, 1.807) is 12.1 Å². The molecule has 1 atom stereocenters. The molecule has 3 aliphatic rings. The van der Waals surface area contributed by atoms with Crippen LogP contribution in [0.4, 0.5) is 10.1 Å². The molecular formula is C34H36FN9O. The van der Waals surface area contributed by atoms with Crippen LogP contribution in [0.2, 0.25) is 0 Å². The lowest BCUT2D eigenvalue weighted by Gasteiger charge is -2.32. The van der Waals surface area contributed by atoms with Crippen LogP contribution in [0.1, 0.15) is 17.0 Å². The van der Waals surface area contributed by atoms with E-state index in [4.69, 9.17) is 14.7 Å². The third kappa shape index (κ3) is 5.63. The number of anilines is 1. The molecule has 3 aliphatic heterocycles. The van der Waals surface area contributed by atoms with Crippen molar-refractivity contribution in [3.63, 3.8) is 0 Å². The predicted molar refractivity (Wildman–Crippen MR) is 172 cm³/mol. The van der Waals surface area contributed by atoms with Crippen molar-refractivity contribution >= 4 is 22.8 Å². The first-order chi connectivity index (χ1) is 22.1. The van der Waals surface area contributed by atoms with Gasteiger partial charge in [0, 0.05) is 80.6 Å². The molecule has 0 saturated carbocycles. The number of likely N-dealkylation sites (N-methyl/N-ethyl adjacent to an activating group) is 1. The zero-order valence-electron chi connectivity index (χ0n) is 25.3. The van der Waals surface area contributed by atoms with Crippen LogP contribution in [-0.2, 0) is 11.3 Å². The lowest BCUT2D eigenvalue weighted by molar-refractivity contribution is 0.122. The molecule has 10 nitrogen and oxygen atoms in total. The van der Waals surface area contributed by atoms with Crippen molar-refractivity contribution in [2.75, 3.05) is 71.0 Å². The summed E-state index contributed by atoms with van der Waals surface area (Å²) in [6.45, 7) is 8.62. The summed E-state index contributed by atoms with van der Waals surface area (Å²) in [7, 11) is 2.18. The standard InChI is InChI=1S/C34H36FN9O/c1-42-5-7-43(8-6-42)21-22-13-24(19-36-18-22)25-16-29-32(40-41-33(29)37-20-25)34-38-30-4-2-3-28(31(30)39-34)23-14-26(35)17-27(15-23)44-9-11-45-12-10-44/h2-4,13-19,25H,5-12,20-21H2,1H3,(H,37,41)(H,38,39). The van der Waals surface area contributed by atoms with Crippen molar-refractivity contribution in [2.45, 2.75) is 12.5 Å². The summed E-state index contributed by atoms with van der Waals surface area (Å²) in [6.07, 6.45) is 6.16. The minimum absolute atomic E-state index is 0.0830. The minimum Gasteiger partial charge on any atom is -0.378 e. The zero-order valence-corrected chi connectivity index (χ0v) is 25.3. The lowest BCUT2D eigenvalue weighted by atomic mass is 9.96. The van der Waals surface area contributed by atoms with E-state index in [0.717, 1.165) is 95.6 Å². The van der Waals surface area contributed by atoms with Gasteiger partial charge in [-0.25, -0.2) is 9.37 Å². The monoisotopic (exact) mass is 605 g/mol. The van der Waals surface area contributed by atoms with E-state index in [0.29, 0.717) is 25.6 Å². The van der Waals surface area contributed by atoms with Crippen molar-refractivity contribution in [3.05, 3.63) is 82.5 Å². The first-order valence-electron chi connectivity index (χ1n) is 15.7. The summed E-state index contributed by atoms with van der Waals surface area (Å²) in [5, 5.41) is 8.67. The molecule has 2 aromatic carbocycles. The molecule has 1 unspecified atom stereocenters. The van der Waals surface area contributed by atoms with Gasteiger partial charge in [0.1, 0.15) is 11.5 Å². The van der Waals surface area contributed by atoms with Gasteiger partial charge in [0.2, 0.25) is 0 Å². The molecule has 0 radical (unpaired) electrons. The van der Waals surface area contributed by atoms with Gasteiger partial charge in [0.15, 0.2) is 11.3 Å². The number of nitrogens with one attached hydrogen (secondary N) is 2. The maximum absolute atomic E-state index is 14.9. The van der Waals surface area contributed by atoms with Crippen LogP contribution < -0.4 is 15.6 Å². The highest BCUT2D eigenvalue weighted by Crippen LogP contribution is 2.32. The minimum atomic E-state index is -0.271. The number of hydrogen-bond donors (Lipinski definition) is 2. The quantitative estimate of drug-likeness (QED) is 0.307. The third-order valence-electron chi connectivity index (χ3n) is 9.15. The molecule has 5 aromatic rings. The van der Waals surface area contributed by atoms with Crippen molar-refractivity contribution in [3.8, 4) is 22.6 Å². The Labute approximate surface area is 260 Å². The molecule has 6 heterocycles. The maximum Gasteiger partial charge on any atom is 0.159 e. The molecule has 11 heteroatoms. The summed E-state index contributed by atoms with van der Waals surface area (Å²) in [6, 6.07) is 13.4. The van der Waals surface area contributed by atoms with Crippen molar-refractivity contribution in [1.82, 2.24) is 34.9 Å². The number of H-pyrrole nitrogens is 2. The van der Waals surface area contributed by atoms with Crippen LogP contribution in [0.3, 0.4) is 0 Å². The average molecular weight is 606 g/mol. The van der Waals surface area contributed by atoms with Crippen LogP contribution in [-0.4, -0.2) is 101 Å². The zero-order chi connectivity index (χ0) is 30.3. The first kappa shape index (κ1) is 28.1. The Bertz CT molecular complexity index is 1970. The molecule has 2 saturated heterocycles. The topological polar surface area (TPSA) is 102 Å². The number of aromatic nitrogens is 5. The first-order valence-corrected chi connectivity index (χ1v) is 15.7. The Morgan fingerprint density at radius 3 is 2.73 bits per heavy atom. The van der Waals surface area contributed by atoms with Crippen LogP contribution in [0.15, 0.2) is 59.9 Å². The van der Waals surface area contributed by atoms with Gasteiger partial charge in [-0.15, -0.1) is 0 Å². The Morgan fingerprint density at radius 2 is 1.87 bits per heavy atom. The van der Waals surface area contributed by atoms with Crippen molar-refractivity contribution < 1.29 is 9.13 Å². The van der Waals surface area contributed by atoms with Gasteiger partial charge < -0.3 is 19.5 Å². The summed E-state index contributed by atoms with van der Waals surface area (Å²) in [4.78, 5) is 24.9. The van der Waals surface area contributed by atoms with Crippen LogP contribution in [0, 0.1) is 5.82 Å². The Kier molecular flexibility index (Phi) is 7.36. The lowest BCUT2D eigenvalue weighted by Crippen LogP contribution is -2.43. The number of morpholine rings is 1. The van der Waals surface area contributed by atoms with E-state index in [9.17, 15) is 4.39 Å². The fourth-order valence-corrected chi connectivity index (χ4v) is 6.62.